The number of hydrogen-bond donors (Lipinski definition) is 2. The molecule has 1 aromatic carbocycles. The van der Waals surface area contributed by atoms with Gasteiger partial charge >= 0.3 is 0 Å². The van der Waals surface area contributed by atoms with E-state index in [1.54, 1.807) is 0 Å². The molecule has 0 aliphatic heterocycles. The smallest absolute Gasteiger partial charge is 0.243 e. The largest absolute Gasteiger partial charge is 0.348 e. The van der Waals surface area contributed by atoms with Gasteiger partial charge in [-0.15, -0.1) is 0 Å². The van der Waals surface area contributed by atoms with Crippen LogP contribution in [0.15, 0.2) is 36.9 Å². The van der Waals surface area contributed by atoms with Crippen molar-refractivity contribution in [2.75, 3.05) is 5.32 Å². The minimum absolute atomic E-state index is 0.0114. The number of carbonyl (C=O) groups excluding carboxylic acids is 2. The summed E-state index contributed by atoms with van der Waals surface area (Å²) in [5, 5.41) is 5.48. The van der Waals surface area contributed by atoms with Crippen LogP contribution in [0, 0.1) is 5.92 Å². The van der Waals surface area contributed by atoms with Gasteiger partial charge in [0.1, 0.15) is 0 Å². The van der Waals surface area contributed by atoms with E-state index < -0.39 is 0 Å². The van der Waals surface area contributed by atoms with E-state index in [2.05, 4.69) is 17.2 Å². The van der Waals surface area contributed by atoms with E-state index >= 15 is 0 Å². The first-order valence-electron chi connectivity index (χ1n) is 5.83. The van der Waals surface area contributed by atoms with Crippen molar-refractivity contribution in [3.05, 3.63) is 42.5 Å². The molecule has 4 heteroatoms. The van der Waals surface area contributed by atoms with E-state index in [4.69, 9.17) is 0 Å². The quantitative estimate of drug-likeness (QED) is 0.781. The van der Waals surface area contributed by atoms with Crippen LogP contribution in [-0.2, 0) is 16.1 Å². The molecule has 0 aliphatic rings. The van der Waals surface area contributed by atoms with E-state index in [9.17, 15) is 9.59 Å². The summed E-state index contributed by atoms with van der Waals surface area (Å²) in [7, 11) is 0. The van der Waals surface area contributed by atoms with Gasteiger partial charge in [0.05, 0.1) is 0 Å². The molecule has 2 N–H and O–H groups in total. The molecular weight excluding hydrogens is 228 g/mol. The summed E-state index contributed by atoms with van der Waals surface area (Å²) in [6.07, 6.45) is 1.23. The molecule has 0 atom stereocenters. The molecular formula is C14H18N2O2. The topological polar surface area (TPSA) is 58.2 Å². The van der Waals surface area contributed by atoms with Crippen LogP contribution in [0.2, 0.25) is 0 Å². The third-order valence-electron chi connectivity index (χ3n) is 2.40. The Labute approximate surface area is 107 Å². The predicted molar refractivity (Wildman–Crippen MR) is 72.0 cm³/mol. The van der Waals surface area contributed by atoms with Crippen molar-refractivity contribution in [2.45, 2.75) is 20.4 Å². The summed E-state index contributed by atoms with van der Waals surface area (Å²) in [6, 6.07) is 7.35. The Bertz CT molecular complexity index is 436. The lowest BCUT2D eigenvalue weighted by Crippen LogP contribution is -2.20. The molecule has 0 saturated heterocycles. The fourth-order valence-electron chi connectivity index (χ4n) is 1.25. The Balaban J connectivity index is 2.54. The van der Waals surface area contributed by atoms with Crippen LogP contribution in [0.5, 0.6) is 0 Å². The maximum absolute atomic E-state index is 11.5. The Hall–Kier alpha value is -2.10. The molecule has 18 heavy (non-hydrogen) atoms. The van der Waals surface area contributed by atoms with Crippen LogP contribution in [0.25, 0.3) is 0 Å². The van der Waals surface area contributed by atoms with Gasteiger partial charge in [0, 0.05) is 18.2 Å². The van der Waals surface area contributed by atoms with Gasteiger partial charge in [-0.05, 0) is 23.8 Å². The zero-order chi connectivity index (χ0) is 13.5. The third kappa shape index (κ3) is 4.41. The molecule has 2 amide bonds. The zero-order valence-electron chi connectivity index (χ0n) is 10.7. The van der Waals surface area contributed by atoms with Crippen LogP contribution in [0.4, 0.5) is 5.69 Å². The Morgan fingerprint density at radius 3 is 2.39 bits per heavy atom. The lowest BCUT2D eigenvalue weighted by atomic mass is 10.1. The van der Waals surface area contributed by atoms with Crippen LogP contribution in [0.1, 0.15) is 19.4 Å². The monoisotopic (exact) mass is 246 g/mol. The molecule has 96 valence electrons. The third-order valence-corrected chi connectivity index (χ3v) is 2.40. The first kappa shape index (κ1) is 14.0. The molecule has 0 radical (unpaired) electrons. The molecule has 0 bridgehead atoms. The average molecular weight is 246 g/mol. The van der Waals surface area contributed by atoms with Crippen LogP contribution in [0.3, 0.4) is 0 Å². The van der Waals surface area contributed by atoms with Gasteiger partial charge in [0.25, 0.3) is 0 Å². The van der Waals surface area contributed by atoms with E-state index in [1.165, 1.54) is 6.08 Å². The fraction of sp³-hybridized carbons (Fsp3) is 0.286. The van der Waals surface area contributed by atoms with Gasteiger partial charge in [0.15, 0.2) is 0 Å². The van der Waals surface area contributed by atoms with E-state index in [0.717, 1.165) is 11.3 Å². The summed E-state index contributed by atoms with van der Waals surface area (Å²) in [6.45, 7) is 7.51. The molecule has 1 rings (SSSR count). The molecule has 0 aromatic heterocycles. The summed E-state index contributed by atoms with van der Waals surface area (Å²) in [5.41, 5.74) is 1.72. The highest BCUT2D eigenvalue weighted by Gasteiger charge is 2.06. The molecule has 1 aromatic rings. The molecule has 4 nitrogen and oxygen atoms in total. The number of benzene rings is 1. The summed E-state index contributed by atoms with van der Waals surface area (Å²) >= 11 is 0. The second-order valence-electron chi connectivity index (χ2n) is 4.26. The summed E-state index contributed by atoms with van der Waals surface area (Å²) < 4.78 is 0. The average Bonchev–Trinajstić information content (AvgIpc) is 2.37. The molecule has 0 heterocycles. The number of hydrogen-bond acceptors (Lipinski definition) is 2. The second kappa shape index (κ2) is 6.59. The number of rotatable bonds is 5. The number of amides is 2. The van der Waals surface area contributed by atoms with Crippen molar-refractivity contribution >= 4 is 17.5 Å². The van der Waals surface area contributed by atoms with Crippen molar-refractivity contribution in [2.24, 2.45) is 5.92 Å². The fourth-order valence-corrected chi connectivity index (χ4v) is 1.25. The summed E-state index contributed by atoms with van der Waals surface area (Å²) in [5.74, 6) is -0.258. The Kier molecular flexibility index (Phi) is 5.11. The lowest BCUT2D eigenvalue weighted by Gasteiger charge is -2.08. The maximum atomic E-state index is 11.5. The van der Waals surface area contributed by atoms with Gasteiger partial charge in [-0.3, -0.25) is 9.59 Å². The first-order chi connectivity index (χ1) is 8.52. The molecule has 0 aliphatic carbocycles. The lowest BCUT2D eigenvalue weighted by molar-refractivity contribution is -0.119. The van der Waals surface area contributed by atoms with Crippen molar-refractivity contribution < 1.29 is 9.59 Å². The van der Waals surface area contributed by atoms with Gasteiger partial charge in [-0.1, -0.05) is 32.6 Å². The van der Waals surface area contributed by atoms with Crippen LogP contribution in [-0.4, -0.2) is 11.8 Å². The van der Waals surface area contributed by atoms with Gasteiger partial charge in [-0.25, -0.2) is 0 Å². The number of carbonyl (C=O) groups is 2. The van der Waals surface area contributed by atoms with Crippen LogP contribution < -0.4 is 10.6 Å². The van der Waals surface area contributed by atoms with Crippen molar-refractivity contribution in [1.29, 1.82) is 0 Å². The van der Waals surface area contributed by atoms with Crippen molar-refractivity contribution in [3.63, 3.8) is 0 Å². The standard InChI is InChI=1S/C14H18N2O2/c1-4-13(17)15-9-11-5-7-12(8-6-11)16-14(18)10(2)3/h4-8,10H,1,9H2,2-3H3,(H,15,17)(H,16,18). The second-order valence-corrected chi connectivity index (χ2v) is 4.26. The summed E-state index contributed by atoms with van der Waals surface area (Å²) in [4.78, 5) is 22.5. The Morgan fingerprint density at radius 2 is 1.89 bits per heavy atom. The van der Waals surface area contributed by atoms with Crippen molar-refractivity contribution in [1.82, 2.24) is 5.32 Å². The predicted octanol–water partition coefficient (Wildman–Crippen LogP) is 2.08. The van der Waals surface area contributed by atoms with Gasteiger partial charge in [0.2, 0.25) is 11.8 Å². The molecule has 0 saturated carbocycles. The SMILES string of the molecule is C=CC(=O)NCc1ccc(NC(=O)C(C)C)cc1. The number of nitrogens with one attached hydrogen (secondary N) is 2. The minimum Gasteiger partial charge on any atom is -0.348 e. The zero-order valence-corrected chi connectivity index (χ0v) is 10.7. The van der Waals surface area contributed by atoms with Crippen LogP contribution >= 0.6 is 0 Å². The van der Waals surface area contributed by atoms with Crippen molar-refractivity contribution in [3.8, 4) is 0 Å². The van der Waals surface area contributed by atoms with Gasteiger partial charge < -0.3 is 10.6 Å². The highest BCUT2D eigenvalue weighted by atomic mass is 16.2. The normalized spacial score (nSPS) is 9.94. The first-order valence-corrected chi connectivity index (χ1v) is 5.83. The van der Waals surface area contributed by atoms with E-state index in [0.29, 0.717) is 6.54 Å². The minimum atomic E-state index is -0.202. The Morgan fingerprint density at radius 1 is 1.28 bits per heavy atom. The molecule has 0 spiro atoms. The van der Waals surface area contributed by atoms with E-state index in [-0.39, 0.29) is 17.7 Å². The molecule has 0 unspecified atom stereocenters. The van der Waals surface area contributed by atoms with Gasteiger partial charge in [-0.2, -0.15) is 0 Å². The van der Waals surface area contributed by atoms with E-state index in [1.807, 2.05) is 38.1 Å². The maximum Gasteiger partial charge on any atom is 0.243 e. The highest BCUT2D eigenvalue weighted by Crippen LogP contribution is 2.10. The number of anilines is 1. The molecule has 0 fully saturated rings. The highest BCUT2D eigenvalue weighted by molar-refractivity contribution is 5.92.